The number of rotatable bonds is 5. The van der Waals surface area contributed by atoms with E-state index in [0.29, 0.717) is 13.2 Å². The highest BCUT2D eigenvalue weighted by atomic mass is 16.5. The van der Waals surface area contributed by atoms with Gasteiger partial charge in [0.15, 0.2) is 0 Å². The Morgan fingerprint density at radius 3 is 2.68 bits per heavy atom. The molecular formula is C16H22N2O4. The molecule has 0 saturated carbocycles. The zero-order valence-electron chi connectivity index (χ0n) is 12.7. The van der Waals surface area contributed by atoms with Crippen LogP contribution in [0.1, 0.15) is 42.1 Å². The van der Waals surface area contributed by atoms with Crippen LogP contribution in [0, 0.1) is 0 Å². The first-order valence-electron chi connectivity index (χ1n) is 7.56. The molecule has 2 rings (SSSR count). The second-order valence-corrected chi connectivity index (χ2v) is 5.45. The van der Waals surface area contributed by atoms with Crippen LogP contribution in [0.15, 0.2) is 24.3 Å². The zero-order chi connectivity index (χ0) is 15.9. The van der Waals surface area contributed by atoms with Gasteiger partial charge in [-0.3, -0.25) is 0 Å². The Labute approximate surface area is 129 Å². The molecule has 3 N–H and O–H groups in total. The molecule has 2 atom stereocenters. The van der Waals surface area contributed by atoms with E-state index in [1.807, 2.05) is 0 Å². The molecule has 120 valence electrons. The van der Waals surface area contributed by atoms with Gasteiger partial charge >= 0.3 is 12.0 Å². The molecule has 1 aliphatic rings. The van der Waals surface area contributed by atoms with Gasteiger partial charge in [0, 0.05) is 19.2 Å². The number of nitrogens with one attached hydrogen (secondary N) is 2. The van der Waals surface area contributed by atoms with Crippen molar-refractivity contribution >= 4 is 12.0 Å². The van der Waals surface area contributed by atoms with Crippen molar-refractivity contribution in [2.75, 3.05) is 6.61 Å². The van der Waals surface area contributed by atoms with Crippen molar-refractivity contribution in [3.05, 3.63) is 35.4 Å². The molecule has 1 fully saturated rings. The third-order valence-corrected chi connectivity index (χ3v) is 3.81. The largest absolute Gasteiger partial charge is 0.478 e. The summed E-state index contributed by atoms with van der Waals surface area (Å²) in [5.41, 5.74) is 1.10. The van der Waals surface area contributed by atoms with E-state index < -0.39 is 5.97 Å². The molecule has 0 radical (unpaired) electrons. The number of carbonyl (C=O) groups is 2. The smallest absolute Gasteiger partial charge is 0.335 e. The van der Waals surface area contributed by atoms with Crippen LogP contribution in [0.25, 0.3) is 0 Å². The average molecular weight is 306 g/mol. The Morgan fingerprint density at radius 2 is 2.05 bits per heavy atom. The lowest BCUT2D eigenvalue weighted by atomic mass is 10.0. The number of carboxylic acid groups (broad SMARTS) is 1. The fourth-order valence-corrected chi connectivity index (χ4v) is 2.48. The minimum atomic E-state index is -0.956. The molecule has 2 amide bonds. The highest BCUT2D eigenvalue weighted by Gasteiger charge is 2.22. The van der Waals surface area contributed by atoms with Gasteiger partial charge < -0.3 is 20.5 Å². The Balaban J connectivity index is 1.76. The predicted molar refractivity (Wildman–Crippen MR) is 81.8 cm³/mol. The Bertz CT molecular complexity index is 515. The number of carbonyl (C=O) groups excluding carboxylic acids is 1. The second-order valence-electron chi connectivity index (χ2n) is 5.45. The third-order valence-electron chi connectivity index (χ3n) is 3.81. The van der Waals surface area contributed by atoms with Crippen LogP contribution >= 0.6 is 0 Å². The SMILES string of the molecule is CCC1CC(NC(=O)NCc2ccc(C(=O)O)cc2)CCO1. The van der Waals surface area contributed by atoms with Gasteiger partial charge in [0.1, 0.15) is 0 Å². The molecule has 1 heterocycles. The number of hydrogen-bond donors (Lipinski definition) is 3. The summed E-state index contributed by atoms with van der Waals surface area (Å²) in [5.74, 6) is -0.956. The van der Waals surface area contributed by atoms with Gasteiger partial charge in [-0.15, -0.1) is 0 Å². The van der Waals surface area contributed by atoms with Crippen molar-refractivity contribution in [2.45, 2.75) is 44.9 Å². The second kappa shape index (κ2) is 7.79. The first kappa shape index (κ1) is 16.3. The van der Waals surface area contributed by atoms with E-state index >= 15 is 0 Å². The number of carboxylic acids is 1. The van der Waals surface area contributed by atoms with Crippen molar-refractivity contribution < 1.29 is 19.4 Å². The maximum absolute atomic E-state index is 11.9. The fraction of sp³-hybridized carbons (Fsp3) is 0.500. The summed E-state index contributed by atoms with van der Waals surface area (Å²) in [6.07, 6.45) is 2.85. The quantitative estimate of drug-likeness (QED) is 0.777. The minimum Gasteiger partial charge on any atom is -0.478 e. The van der Waals surface area contributed by atoms with E-state index in [-0.39, 0.29) is 23.7 Å². The van der Waals surface area contributed by atoms with Crippen molar-refractivity contribution in [2.24, 2.45) is 0 Å². The number of ether oxygens (including phenoxy) is 1. The first-order chi connectivity index (χ1) is 10.6. The van der Waals surface area contributed by atoms with Gasteiger partial charge in [0.05, 0.1) is 11.7 Å². The molecule has 6 heteroatoms. The van der Waals surface area contributed by atoms with Crippen LogP contribution in [-0.2, 0) is 11.3 Å². The summed E-state index contributed by atoms with van der Waals surface area (Å²) in [5, 5.41) is 14.6. The monoisotopic (exact) mass is 306 g/mol. The third kappa shape index (κ3) is 4.73. The van der Waals surface area contributed by atoms with Gasteiger partial charge in [0.2, 0.25) is 0 Å². The lowest BCUT2D eigenvalue weighted by molar-refractivity contribution is 0.00192. The van der Waals surface area contributed by atoms with E-state index in [9.17, 15) is 9.59 Å². The molecule has 0 aromatic heterocycles. The topological polar surface area (TPSA) is 87.7 Å². The van der Waals surface area contributed by atoms with Crippen LogP contribution < -0.4 is 10.6 Å². The van der Waals surface area contributed by atoms with Crippen LogP contribution in [0.3, 0.4) is 0 Å². The lowest BCUT2D eigenvalue weighted by Crippen LogP contribution is -2.46. The summed E-state index contributed by atoms with van der Waals surface area (Å²) in [6.45, 7) is 3.13. The maximum Gasteiger partial charge on any atom is 0.335 e. The summed E-state index contributed by atoms with van der Waals surface area (Å²) >= 11 is 0. The lowest BCUT2D eigenvalue weighted by Gasteiger charge is -2.29. The maximum atomic E-state index is 11.9. The van der Waals surface area contributed by atoms with E-state index in [1.165, 1.54) is 12.1 Å². The predicted octanol–water partition coefficient (Wildman–Crippen LogP) is 2.14. The highest BCUT2D eigenvalue weighted by Crippen LogP contribution is 2.16. The van der Waals surface area contributed by atoms with Crippen molar-refractivity contribution in [1.29, 1.82) is 0 Å². The van der Waals surface area contributed by atoms with Crippen molar-refractivity contribution in [3.8, 4) is 0 Å². The number of benzene rings is 1. The molecule has 1 aromatic carbocycles. The Kier molecular flexibility index (Phi) is 5.77. The van der Waals surface area contributed by atoms with E-state index in [0.717, 1.165) is 24.8 Å². The highest BCUT2D eigenvalue weighted by molar-refractivity contribution is 5.87. The summed E-state index contributed by atoms with van der Waals surface area (Å²) < 4.78 is 5.58. The summed E-state index contributed by atoms with van der Waals surface area (Å²) in [4.78, 5) is 22.7. The van der Waals surface area contributed by atoms with E-state index in [1.54, 1.807) is 12.1 Å². The molecule has 1 aliphatic heterocycles. The van der Waals surface area contributed by atoms with Crippen molar-refractivity contribution in [3.63, 3.8) is 0 Å². The normalized spacial score (nSPS) is 21.1. The summed E-state index contributed by atoms with van der Waals surface area (Å²) in [7, 11) is 0. The van der Waals surface area contributed by atoms with Crippen LogP contribution in [0.5, 0.6) is 0 Å². The molecule has 0 bridgehead atoms. The number of aromatic carboxylic acids is 1. The molecule has 2 unspecified atom stereocenters. The number of amides is 2. The van der Waals surface area contributed by atoms with Crippen LogP contribution in [0.2, 0.25) is 0 Å². The van der Waals surface area contributed by atoms with Crippen LogP contribution in [-0.4, -0.2) is 35.9 Å². The van der Waals surface area contributed by atoms with Gasteiger partial charge in [-0.05, 0) is 37.0 Å². The zero-order valence-corrected chi connectivity index (χ0v) is 12.7. The van der Waals surface area contributed by atoms with E-state index in [2.05, 4.69) is 17.6 Å². The van der Waals surface area contributed by atoms with E-state index in [4.69, 9.17) is 9.84 Å². The molecule has 0 aliphatic carbocycles. The first-order valence-corrected chi connectivity index (χ1v) is 7.56. The van der Waals surface area contributed by atoms with Gasteiger partial charge in [-0.25, -0.2) is 9.59 Å². The van der Waals surface area contributed by atoms with Crippen molar-refractivity contribution in [1.82, 2.24) is 10.6 Å². The molecular weight excluding hydrogens is 284 g/mol. The summed E-state index contributed by atoms with van der Waals surface area (Å²) in [6, 6.07) is 6.40. The minimum absolute atomic E-state index is 0.146. The standard InChI is InChI=1S/C16H22N2O4/c1-2-14-9-13(7-8-22-14)18-16(21)17-10-11-3-5-12(6-4-11)15(19)20/h3-6,13-14H,2,7-10H2,1H3,(H,19,20)(H2,17,18,21). The molecule has 0 spiro atoms. The number of hydrogen-bond acceptors (Lipinski definition) is 3. The number of urea groups is 1. The average Bonchev–Trinajstić information content (AvgIpc) is 2.53. The Morgan fingerprint density at radius 1 is 1.32 bits per heavy atom. The van der Waals surface area contributed by atoms with Gasteiger partial charge in [-0.2, -0.15) is 0 Å². The molecule has 22 heavy (non-hydrogen) atoms. The molecule has 1 aromatic rings. The Hall–Kier alpha value is -2.08. The fourth-order valence-electron chi connectivity index (χ4n) is 2.48. The molecule has 6 nitrogen and oxygen atoms in total. The van der Waals surface area contributed by atoms with Crippen LogP contribution in [0.4, 0.5) is 4.79 Å². The molecule has 1 saturated heterocycles. The van der Waals surface area contributed by atoms with Gasteiger partial charge in [0.25, 0.3) is 0 Å². The van der Waals surface area contributed by atoms with Gasteiger partial charge in [-0.1, -0.05) is 19.1 Å².